The van der Waals surface area contributed by atoms with Crippen molar-refractivity contribution < 1.29 is 19.4 Å². The van der Waals surface area contributed by atoms with E-state index in [-0.39, 0.29) is 5.69 Å². The zero-order valence-electron chi connectivity index (χ0n) is 11.3. The van der Waals surface area contributed by atoms with Gasteiger partial charge < -0.3 is 19.9 Å². The minimum absolute atomic E-state index is 0.138. The van der Waals surface area contributed by atoms with Gasteiger partial charge in [0.25, 0.3) is 0 Å². The quantitative estimate of drug-likeness (QED) is 0.876. The van der Waals surface area contributed by atoms with Crippen molar-refractivity contribution >= 4 is 29.1 Å². The summed E-state index contributed by atoms with van der Waals surface area (Å²) in [5, 5.41) is 19.5. The van der Waals surface area contributed by atoms with Crippen LogP contribution in [0.2, 0.25) is 5.02 Å². The van der Waals surface area contributed by atoms with E-state index >= 15 is 0 Å². The van der Waals surface area contributed by atoms with Crippen molar-refractivity contribution in [3.05, 3.63) is 35.0 Å². The smallest absolute Gasteiger partial charge is 0.356 e. The predicted molar refractivity (Wildman–Crippen MR) is 76.8 cm³/mol. The Morgan fingerprint density at radius 2 is 1.90 bits per heavy atom. The van der Waals surface area contributed by atoms with Crippen molar-refractivity contribution in [2.45, 2.75) is 0 Å². The Morgan fingerprint density at radius 3 is 2.43 bits per heavy atom. The summed E-state index contributed by atoms with van der Waals surface area (Å²) < 4.78 is 10.3. The molecule has 0 saturated carbocycles. The van der Waals surface area contributed by atoms with Gasteiger partial charge in [-0.05, 0) is 12.1 Å². The monoisotopic (exact) mass is 309 g/mol. The molecule has 7 nitrogen and oxygen atoms in total. The number of carbonyl (C=O) groups is 1. The van der Waals surface area contributed by atoms with Crippen LogP contribution in [0.5, 0.6) is 11.5 Å². The number of ether oxygens (including phenoxy) is 2. The fourth-order valence-corrected chi connectivity index (χ4v) is 1.84. The maximum atomic E-state index is 10.7. The molecule has 1 heterocycles. The summed E-state index contributed by atoms with van der Waals surface area (Å²) in [5.41, 5.74) is 0.428. The van der Waals surface area contributed by atoms with Gasteiger partial charge in [-0.2, -0.15) is 0 Å². The molecule has 0 radical (unpaired) electrons. The Morgan fingerprint density at radius 1 is 1.19 bits per heavy atom. The number of aromatic nitrogens is 2. The highest BCUT2D eigenvalue weighted by molar-refractivity contribution is 6.32. The van der Waals surface area contributed by atoms with Gasteiger partial charge in [0.1, 0.15) is 11.5 Å². The first-order valence-electron chi connectivity index (χ1n) is 5.80. The summed E-state index contributed by atoms with van der Waals surface area (Å²) >= 11 is 6.01. The lowest BCUT2D eigenvalue weighted by Gasteiger charge is -2.13. The summed E-state index contributed by atoms with van der Waals surface area (Å²) in [6.45, 7) is 0. The maximum absolute atomic E-state index is 10.7. The van der Waals surface area contributed by atoms with Crippen LogP contribution in [0.1, 0.15) is 10.5 Å². The van der Waals surface area contributed by atoms with Crippen molar-refractivity contribution in [1.82, 2.24) is 10.2 Å². The fourth-order valence-electron chi connectivity index (χ4n) is 1.61. The Kier molecular flexibility index (Phi) is 4.44. The number of carboxylic acids is 1. The van der Waals surface area contributed by atoms with E-state index in [9.17, 15) is 4.79 Å². The Hall–Kier alpha value is -2.54. The van der Waals surface area contributed by atoms with E-state index in [0.717, 1.165) is 0 Å². The molecule has 0 atom stereocenters. The lowest BCUT2D eigenvalue weighted by Crippen LogP contribution is -2.04. The van der Waals surface area contributed by atoms with E-state index in [0.29, 0.717) is 28.0 Å². The number of hydrogen-bond acceptors (Lipinski definition) is 6. The number of anilines is 2. The van der Waals surface area contributed by atoms with Crippen molar-refractivity contribution in [2.24, 2.45) is 0 Å². The normalized spacial score (nSPS) is 10.0. The van der Waals surface area contributed by atoms with E-state index in [1.54, 1.807) is 12.1 Å². The molecule has 0 aliphatic rings. The van der Waals surface area contributed by atoms with Crippen LogP contribution in [0.25, 0.3) is 0 Å². The molecule has 1 aromatic carbocycles. The molecule has 0 amide bonds. The summed E-state index contributed by atoms with van der Waals surface area (Å²) in [6.07, 6.45) is 0. The number of aromatic carboxylic acids is 1. The molecule has 8 heteroatoms. The molecule has 0 fully saturated rings. The third kappa shape index (κ3) is 3.32. The van der Waals surface area contributed by atoms with Crippen molar-refractivity contribution in [3.8, 4) is 11.5 Å². The first-order valence-corrected chi connectivity index (χ1v) is 6.18. The minimum atomic E-state index is -1.14. The highest BCUT2D eigenvalue weighted by atomic mass is 35.5. The summed E-state index contributed by atoms with van der Waals surface area (Å²) in [4.78, 5) is 10.7. The van der Waals surface area contributed by atoms with Crippen LogP contribution in [-0.2, 0) is 0 Å². The average molecular weight is 310 g/mol. The largest absolute Gasteiger partial charge is 0.495 e. The van der Waals surface area contributed by atoms with Crippen LogP contribution in [0.4, 0.5) is 11.5 Å². The lowest BCUT2D eigenvalue weighted by molar-refractivity contribution is 0.0689. The van der Waals surface area contributed by atoms with Gasteiger partial charge in [0.05, 0.1) is 24.9 Å². The van der Waals surface area contributed by atoms with Gasteiger partial charge in [0.15, 0.2) is 11.5 Å². The van der Waals surface area contributed by atoms with E-state index in [4.69, 9.17) is 26.2 Å². The standard InChI is InChI=1S/C13H12ClN3O4/c1-20-10-6-9(11(21-2)5-7(10)14)15-12-4-3-8(13(18)19)16-17-12/h3-6H,1-2H3,(H,15,17)(H,18,19). The molecule has 2 aromatic rings. The van der Waals surface area contributed by atoms with Gasteiger partial charge in [0, 0.05) is 12.1 Å². The van der Waals surface area contributed by atoms with E-state index in [2.05, 4.69) is 15.5 Å². The topological polar surface area (TPSA) is 93.6 Å². The van der Waals surface area contributed by atoms with Crippen molar-refractivity contribution in [3.63, 3.8) is 0 Å². The Balaban J connectivity index is 2.31. The van der Waals surface area contributed by atoms with Gasteiger partial charge in [-0.25, -0.2) is 4.79 Å². The molecule has 110 valence electrons. The van der Waals surface area contributed by atoms with Crippen molar-refractivity contribution in [1.29, 1.82) is 0 Å². The molecule has 2 N–H and O–H groups in total. The molecule has 0 spiro atoms. The molecule has 0 unspecified atom stereocenters. The summed E-state index contributed by atoms with van der Waals surface area (Å²) in [6, 6.07) is 6.09. The molecule has 2 rings (SSSR count). The van der Waals surface area contributed by atoms with Crippen LogP contribution in [-0.4, -0.2) is 35.5 Å². The third-order valence-electron chi connectivity index (χ3n) is 2.62. The Labute approximate surface area is 125 Å². The molecule has 0 saturated heterocycles. The highest BCUT2D eigenvalue weighted by Gasteiger charge is 2.11. The number of halogens is 1. The predicted octanol–water partition coefficient (Wildman–Crippen LogP) is 2.59. The third-order valence-corrected chi connectivity index (χ3v) is 2.92. The van der Waals surface area contributed by atoms with E-state index in [1.807, 2.05) is 0 Å². The molecule has 0 aliphatic carbocycles. The number of carboxylic acid groups (broad SMARTS) is 1. The van der Waals surface area contributed by atoms with Crippen LogP contribution in [0.15, 0.2) is 24.3 Å². The molecule has 21 heavy (non-hydrogen) atoms. The molecule has 0 aliphatic heterocycles. The average Bonchev–Trinajstić information content (AvgIpc) is 2.49. The number of nitrogens with one attached hydrogen (secondary N) is 1. The SMILES string of the molecule is COc1cc(Nc2ccc(C(=O)O)nn2)c(OC)cc1Cl. The maximum Gasteiger partial charge on any atom is 0.356 e. The van der Waals surface area contributed by atoms with Gasteiger partial charge >= 0.3 is 5.97 Å². The molecule has 1 aromatic heterocycles. The zero-order chi connectivity index (χ0) is 15.4. The number of hydrogen-bond donors (Lipinski definition) is 2. The van der Waals surface area contributed by atoms with Gasteiger partial charge in [-0.3, -0.25) is 0 Å². The molecule has 0 bridgehead atoms. The first kappa shape index (κ1) is 14.9. The zero-order valence-corrected chi connectivity index (χ0v) is 12.0. The first-order chi connectivity index (χ1) is 10.0. The second-order valence-electron chi connectivity index (χ2n) is 3.92. The summed E-state index contributed by atoms with van der Waals surface area (Å²) in [7, 11) is 3.00. The van der Waals surface area contributed by atoms with Crippen LogP contribution in [0.3, 0.4) is 0 Å². The van der Waals surface area contributed by atoms with Crippen LogP contribution >= 0.6 is 11.6 Å². The minimum Gasteiger partial charge on any atom is -0.495 e. The van der Waals surface area contributed by atoms with Gasteiger partial charge in [-0.15, -0.1) is 10.2 Å². The number of benzene rings is 1. The van der Waals surface area contributed by atoms with Crippen LogP contribution < -0.4 is 14.8 Å². The fraction of sp³-hybridized carbons (Fsp3) is 0.154. The molecular weight excluding hydrogens is 298 g/mol. The number of methoxy groups -OCH3 is 2. The summed E-state index contributed by atoms with van der Waals surface area (Å²) in [5.74, 6) is 0.183. The Bertz CT molecular complexity index is 661. The van der Waals surface area contributed by atoms with E-state index < -0.39 is 5.97 Å². The molecular formula is C13H12ClN3O4. The number of nitrogens with zero attached hydrogens (tertiary/aromatic N) is 2. The van der Waals surface area contributed by atoms with Gasteiger partial charge in [0.2, 0.25) is 0 Å². The van der Waals surface area contributed by atoms with Gasteiger partial charge in [-0.1, -0.05) is 11.6 Å². The van der Waals surface area contributed by atoms with E-state index in [1.165, 1.54) is 26.4 Å². The second kappa shape index (κ2) is 6.27. The van der Waals surface area contributed by atoms with Crippen LogP contribution in [0, 0.1) is 0 Å². The second-order valence-corrected chi connectivity index (χ2v) is 4.33. The van der Waals surface area contributed by atoms with Crippen molar-refractivity contribution in [2.75, 3.05) is 19.5 Å². The highest BCUT2D eigenvalue weighted by Crippen LogP contribution is 2.36. The lowest BCUT2D eigenvalue weighted by atomic mass is 10.2. The number of rotatable bonds is 5.